The molecule has 2 heterocycles. The monoisotopic (exact) mass is 410 g/mol. The fourth-order valence-corrected chi connectivity index (χ4v) is 3.70. The van der Waals surface area contributed by atoms with Gasteiger partial charge in [-0.05, 0) is 29.8 Å². The van der Waals surface area contributed by atoms with Crippen LogP contribution in [0.3, 0.4) is 0 Å². The molecule has 0 atom stereocenters. The Morgan fingerprint density at radius 3 is 2.72 bits per heavy atom. The van der Waals surface area contributed by atoms with E-state index < -0.39 is 0 Å². The standard InChI is InChI=1S/C21H22N4O3S/c1-25-19(13-15-8-9-17-18(12-15)28-11-5-10-27-17)23-24-21(25)29-14-20(26)22-16-6-3-2-4-7-16/h2-4,6-9,12H,5,10-11,13-14H2,1H3,(H,22,26). The molecule has 0 aliphatic carbocycles. The Morgan fingerprint density at radius 1 is 1.10 bits per heavy atom. The predicted molar refractivity (Wildman–Crippen MR) is 112 cm³/mol. The molecule has 4 rings (SSSR count). The number of hydrogen-bond donors (Lipinski definition) is 1. The van der Waals surface area contributed by atoms with Crippen molar-refractivity contribution in [3.8, 4) is 11.5 Å². The van der Waals surface area contributed by atoms with Crippen LogP contribution in [0.4, 0.5) is 5.69 Å². The number of nitrogens with one attached hydrogen (secondary N) is 1. The van der Waals surface area contributed by atoms with E-state index in [1.165, 1.54) is 11.8 Å². The summed E-state index contributed by atoms with van der Waals surface area (Å²) in [6, 6.07) is 15.4. The molecule has 29 heavy (non-hydrogen) atoms. The highest BCUT2D eigenvalue weighted by atomic mass is 32.2. The minimum atomic E-state index is -0.0753. The highest BCUT2D eigenvalue weighted by molar-refractivity contribution is 7.99. The Balaban J connectivity index is 1.37. The second kappa shape index (κ2) is 9.00. The van der Waals surface area contributed by atoms with E-state index in [0.717, 1.165) is 35.0 Å². The molecule has 1 aliphatic rings. The molecule has 7 nitrogen and oxygen atoms in total. The first-order valence-electron chi connectivity index (χ1n) is 9.43. The number of carbonyl (C=O) groups is 1. The number of nitrogens with zero attached hydrogens (tertiary/aromatic N) is 3. The lowest BCUT2D eigenvalue weighted by molar-refractivity contribution is -0.113. The first-order chi connectivity index (χ1) is 14.2. The first-order valence-corrected chi connectivity index (χ1v) is 10.4. The van der Waals surface area contributed by atoms with Crippen LogP contribution in [0.5, 0.6) is 11.5 Å². The Kier molecular flexibility index (Phi) is 6.00. The van der Waals surface area contributed by atoms with Gasteiger partial charge >= 0.3 is 0 Å². The van der Waals surface area contributed by atoms with Gasteiger partial charge < -0.3 is 19.4 Å². The van der Waals surface area contributed by atoms with Gasteiger partial charge in [0.05, 0.1) is 19.0 Å². The fraction of sp³-hybridized carbons (Fsp3) is 0.286. The molecule has 0 saturated heterocycles. The van der Waals surface area contributed by atoms with Crippen molar-refractivity contribution < 1.29 is 14.3 Å². The van der Waals surface area contributed by atoms with Crippen molar-refractivity contribution in [3.63, 3.8) is 0 Å². The largest absolute Gasteiger partial charge is 0.490 e. The number of fused-ring (bicyclic) bond motifs is 1. The molecule has 3 aromatic rings. The molecule has 1 aliphatic heterocycles. The molecule has 8 heteroatoms. The lowest BCUT2D eigenvalue weighted by Gasteiger charge is -2.09. The third-order valence-electron chi connectivity index (χ3n) is 4.49. The van der Waals surface area contributed by atoms with Crippen LogP contribution in [-0.2, 0) is 18.3 Å². The van der Waals surface area contributed by atoms with Crippen molar-refractivity contribution in [2.75, 3.05) is 24.3 Å². The van der Waals surface area contributed by atoms with E-state index in [9.17, 15) is 4.79 Å². The van der Waals surface area contributed by atoms with Crippen molar-refractivity contribution in [3.05, 3.63) is 59.9 Å². The number of thioether (sulfide) groups is 1. The van der Waals surface area contributed by atoms with E-state index in [4.69, 9.17) is 9.47 Å². The summed E-state index contributed by atoms with van der Waals surface area (Å²) in [4.78, 5) is 12.1. The summed E-state index contributed by atoms with van der Waals surface area (Å²) >= 11 is 1.36. The van der Waals surface area contributed by atoms with Crippen LogP contribution in [0, 0.1) is 0 Å². The number of benzene rings is 2. The van der Waals surface area contributed by atoms with E-state index >= 15 is 0 Å². The van der Waals surface area contributed by atoms with E-state index in [0.29, 0.717) is 24.8 Å². The molecule has 0 bridgehead atoms. The van der Waals surface area contributed by atoms with E-state index in [1.54, 1.807) is 0 Å². The Bertz CT molecular complexity index is 991. The van der Waals surface area contributed by atoms with Crippen LogP contribution in [0.25, 0.3) is 0 Å². The number of carbonyl (C=O) groups excluding carboxylic acids is 1. The van der Waals surface area contributed by atoms with E-state index in [2.05, 4.69) is 15.5 Å². The summed E-state index contributed by atoms with van der Waals surface area (Å²) < 4.78 is 13.4. The first kappa shape index (κ1) is 19.3. The van der Waals surface area contributed by atoms with Crippen LogP contribution in [0.2, 0.25) is 0 Å². The van der Waals surface area contributed by atoms with Gasteiger partial charge in [-0.25, -0.2) is 0 Å². The van der Waals surface area contributed by atoms with Crippen molar-refractivity contribution in [2.45, 2.75) is 18.0 Å². The Labute approximate surface area is 173 Å². The van der Waals surface area contributed by atoms with Gasteiger partial charge in [-0.15, -0.1) is 10.2 Å². The van der Waals surface area contributed by atoms with Gasteiger partial charge in [0, 0.05) is 25.6 Å². The summed E-state index contributed by atoms with van der Waals surface area (Å²) in [6.07, 6.45) is 1.50. The molecule has 1 amide bonds. The smallest absolute Gasteiger partial charge is 0.234 e. The van der Waals surface area contributed by atoms with Crippen molar-refractivity contribution in [2.24, 2.45) is 7.05 Å². The van der Waals surface area contributed by atoms with E-state index in [1.807, 2.05) is 60.1 Å². The van der Waals surface area contributed by atoms with Crippen LogP contribution in [0.15, 0.2) is 53.7 Å². The lowest BCUT2D eigenvalue weighted by atomic mass is 10.1. The third-order valence-corrected chi connectivity index (χ3v) is 5.51. The SMILES string of the molecule is Cn1c(Cc2ccc3c(c2)OCCCO3)nnc1SCC(=O)Nc1ccccc1. The summed E-state index contributed by atoms with van der Waals surface area (Å²) in [6.45, 7) is 1.33. The lowest BCUT2D eigenvalue weighted by Crippen LogP contribution is -2.14. The number of hydrogen-bond acceptors (Lipinski definition) is 6. The number of aromatic nitrogens is 3. The number of anilines is 1. The molecule has 1 N–H and O–H groups in total. The maximum Gasteiger partial charge on any atom is 0.234 e. The molecule has 0 fully saturated rings. The molecule has 0 unspecified atom stereocenters. The van der Waals surface area contributed by atoms with Gasteiger partial charge in [0.1, 0.15) is 5.82 Å². The Hall–Kier alpha value is -3.00. The molecular weight excluding hydrogens is 388 g/mol. The van der Waals surface area contributed by atoms with Gasteiger partial charge in [0.15, 0.2) is 16.7 Å². The number of rotatable bonds is 6. The summed E-state index contributed by atoms with van der Waals surface area (Å²) in [7, 11) is 1.91. The molecule has 0 spiro atoms. The molecular formula is C21H22N4O3S. The number of para-hydroxylation sites is 1. The highest BCUT2D eigenvalue weighted by Gasteiger charge is 2.15. The predicted octanol–water partition coefficient (Wildman–Crippen LogP) is 3.30. The maximum absolute atomic E-state index is 12.1. The number of amides is 1. The summed E-state index contributed by atoms with van der Waals surface area (Å²) in [5.41, 5.74) is 1.86. The highest BCUT2D eigenvalue weighted by Crippen LogP contribution is 2.31. The minimum absolute atomic E-state index is 0.0753. The topological polar surface area (TPSA) is 78.3 Å². The molecule has 0 saturated carbocycles. The van der Waals surface area contributed by atoms with Crippen LogP contribution in [-0.4, -0.2) is 39.6 Å². The zero-order chi connectivity index (χ0) is 20.1. The van der Waals surface area contributed by atoms with Crippen LogP contribution in [0.1, 0.15) is 17.8 Å². The normalized spacial score (nSPS) is 13.0. The fourth-order valence-electron chi connectivity index (χ4n) is 2.97. The Morgan fingerprint density at radius 2 is 1.90 bits per heavy atom. The van der Waals surface area contributed by atoms with Gasteiger partial charge in [-0.1, -0.05) is 36.0 Å². The van der Waals surface area contributed by atoms with Crippen molar-refractivity contribution in [1.29, 1.82) is 0 Å². The molecule has 150 valence electrons. The van der Waals surface area contributed by atoms with Gasteiger partial charge in [-0.2, -0.15) is 0 Å². The average Bonchev–Trinajstić information content (AvgIpc) is 2.92. The maximum atomic E-state index is 12.1. The molecule has 1 aromatic heterocycles. The second-order valence-corrected chi connectivity index (χ2v) is 7.61. The van der Waals surface area contributed by atoms with Crippen LogP contribution < -0.4 is 14.8 Å². The zero-order valence-corrected chi connectivity index (χ0v) is 16.9. The summed E-state index contributed by atoms with van der Waals surface area (Å²) in [5.74, 6) is 2.57. The van der Waals surface area contributed by atoms with Gasteiger partial charge in [0.2, 0.25) is 5.91 Å². The van der Waals surface area contributed by atoms with Gasteiger partial charge in [0.25, 0.3) is 0 Å². The van der Waals surface area contributed by atoms with E-state index in [-0.39, 0.29) is 11.7 Å². The second-order valence-electron chi connectivity index (χ2n) is 6.67. The number of ether oxygens (including phenoxy) is 2. The molecule has 0 radical (unpaired) electrons. The van der Waals surface area contributed by atoms with Crippen molar-refractivity contribution in [1.82, 2.24) is 14.8 Å². The van der Waals surface area contributed by atoms with Gasteiger partial charge in [-0.3, -0.25) is 4.79 Å². The van der Waals surface area contributed by atoms with Crippen LogP contribution >= 0.6 is 11.8 Å². The zero-order valence-electron chi connectivity index (χ0n) is 16.1. The minimum Gasteiger partial charge on any atom is -0.490 e. The third kappa shape index (κ3) is 4.89. The quantitative estimate of drug-likeness (QED) is 0.628. The summed E-state index contributed by atoms with van der Waals surface area (Å²) in [5, 5.41) is 12.1. The average molecular weight is 410 g/mol. The molecule has 2 aromatic carbocycles. The van der Waals surface area contributed by atoms with Crippen molar-refractivity contribution >= 4 is 23.4 Å².